The highest BCUT2D eigenvalue weighted by atomic mass is 16.5. The second-order valence-electron chi connectivity index (χ2n) is 8.54. The van der Waals surface area contributed by atoms with Gasteiger partial charge in [-0.25, -0.2) is 0 Å². The first-order chi connectivity index (χ1) is 15.7. The van der Waals surface area contributed by atoms with Gasteiger partial charge in [0.2, 0.25) is 0 Å². The fraction of sp³-hybridized carbons (Fsp3) is 0.269. The standard InChI is InChI=1S/C26H24N4O2/c1-2-18-25-17(14-27-18)23(24-21(28-25)11-6-12-22(24)31)15-7-5-8-16(13-15)32-26-29-19-9-3-4-10-20(19)30-26/h3-5,7-10,13-14,23-24,27H,2,6,11-12H2,1H3,(H,29,30). The van der Waals surface area contributed by atoms with E-state index in [2.05, 4.69) is 27.9 Å². The molecule has 2 N–H and O–H groups in total. The number of aliphatic imine (C=N–C) groups is 1. The van der Waals surface area contributed by atoms with Crippen LogP contribution >= 0.6 is 0 Å². The van der Waals surface area contributed by atoms with Crippen LogP contribution < -0.4 is 4.74 Å². The van der Waals surface area contributed by atoms with E-state index < -0.39 is 0 Å². The lowest BCUT2D eigenvalue weighted by atomic mass is 9.70. The lowest BCUT2D eigenvalue weighted by Gasteiger charge is -2.34. The fourth-order valence-corrected chi connectivity index (χ4v) is 5.11. The Morgan fingerprint density at radius 2 is 2.00 bits per heavy atom. The Labute approximate surface area is 185 Å². The van der Waals surface area contributed by atoms with Crippen molar-refractivity contribution in [3.63, 3.8) is 0 Å². The molecular formula is C26H24N4O2. The van der Waals surface area contributed by atoms with Crippen molar-refractivity contribution in [2.24, 2.45) is 10.9 Å². The number of hydrogen-bond acceptors (Lipinski definition) is 4. The summed E-state index contributed by atoms with van der Waals surface area (Å²) in [5, 5.41) is 0. The van der Waals surface area contributed by atoms with Crippen LogP contribution in [-0.4, -0.2) is 26.4 Å². The molecule has 32 heavy (non-hydrogen) atoms. The lowest BCUT2D eigenvalue weighted by Crippen LogP contribution is -2.36. The van der Waals surface area contributed by atoms with Crippen LogP contribution in [0.2, 0.25) is 0 Å². The number of fused-ring (bicyclic) bond motifs is 3. The van der Waals surface area contributed by atoms with Gasteiger partial charge in [0.15, 0.2) is 0 Å². The van der Waals surface area contributed by atoms with Crippen LogP contribution in [0.3, 0.4) is 0 Å². The van der Waals surface area contributed by atoms with E-state index in [0.29, 0.717) is 18.2 Å². The molecule has 0 spiro atoms. The third-order valence-electron chi connectivity index (χ3n) is 6.60. The van der Waals surface area contributed by atoms with Crippen molar-refractivity contribution in [3.8, 4) is 11.8 Å². The van der Waals surface area contributed by atoms with Crippen LogP contribution in [0.25, 0.3) is 11.0 Å². The molecular weight excluding hydrogens is 400 g/mol. The maximum Gasteiger partial charge on any atom is 0.300 e. The minimum Gasteiger partial charge on any atom is -0.426 e. The molecule has 160 valence electrons. The average Bonchev–Trinajstić information content (AvgIpc) is 3.41. The molecule has 2 atom stereocenters. The molecule has 2 unspecified atom stereocenters. The SMILES string of the molecule is CCc1[nH]cc2c1N=C1CCCC(=O)C1C2c1cccc(Oc2nc3ccccc3[nH]2)c1. The number of imidazole rings is 1. The van der Waals surface area contributed by atoms with Crippen LogP contribution in [0.5, 0.6) is 11.8 Å². The number of ether oxygens (including phenoxy) is 1. The van der Waals surface area contributed by atoms with E-state index in [1.807, 2.05) is 48.7 Å². The Morgan fingerprint density at radius 1 is 1.09 bits per heavy atom. The third kappa shape index (κ3) is 3.06. The highest BCUT2D eigenvalue weighted by molar-refractivity contribution is 6.10. The van der Waals surface area contributed by atoms with Crippen LogP contribution in [0, 0.1) is 5.92 Å². The van der Waals surface area contributed by atoms with E-state index >= 15 is 0 Å². The maximum atomic E-state index is 13.0. The number of aryl methyl sites for hydroxylation is 1. The van der Waals surface area contributed by atoms with Gasteiger partial charge in [-0.15, -0.1) is 0 Å². The molecule has 0 bridgehead atoms. The number of Topliss-reactive ketones (excluding diaryl/α,β-unsaturated/α-hetero) is 1. The summed E-state index contributed by atoms with van der Waals surface area (Å²) < 4.78 is 6.08. The molecule has 1 fully saturated rings. The van der Waals surface area contributed by atoms with Crippen molar-refractivity contribution < 1.29 is 9.53 Å². The number of nitrogens with zero attached hydrogens (tertiary/aromatic N) is 2. The normalized spacial score (nSPS) is 20.0. The van der Waals surface area contributed by atoms with E-state index in [-0.39, 0.29) is 17.6 Å². The first-order valence-electron chi connectivity index (χ1n) is 11.2. The molecule has 6 heteroatoms. The number of ketones is 1. The Morgan fingerprint density at radius 3 is 2.88 bits per heavy atom. The van der Waals surface area contributed by atoms with Gasteiger partial charge >= 0.3 is 0 Å². The molecule has 0 amide bonds. The number of aromatic amines is 2. The molecule has 0 radical (unpaired) electrons. The first kappa shape index (κ1) is 19.0. The van der Waals surface area contributed by atoms with E-state index in [1.54, 1.807) is 0 Å². The van der Waals surface area contributed by atoms with Crippen molar-refractivity contribution in [2.75, 3.05) is 0 Å². The van der Waals surface area contributed by atoms with Crippen LogP contribution in [0.4, 0.5) is 5.69 Å². The lowest BCUT2D eigenvalue weighted by molar-refractivity contribution is -0.121. The number of benzene rings is 2. The van der Waals surface area contributed by atoms with Gasteiger partial charge < -0.3 is 14.7 Å². The van der Waals surface area contributed by atoms with Crippen LogP contribution in [-0.2, 0) is 11.2 Å². The van der Waals surface area contributed by atoms with Crippen molar-refractivity contribution in [1.82, 2.24) is 15.0 Å². The monoisotopic (exact) mass is 424 g/mol. The van der Waals surface area contributed by atoms with Gasteiger partial charge in [-0.3, -0.25) is 9.79 Å². The predicted octanol–water partition coefficient (Wildman–Crippen LogP) is 5.83. The number of rotatable bonds is 4. The minimum absolute atomic E-state index is 0.0546. The zero-order valence-corrected chi connectivity index (χ0v) is 17.9. The fourth-order valence-electron chi connectivity index (χ4n) is 5.11. The molecule has 1 saturated carbocycles. The summed E-state index contributed by atoms with van der Waals surface area (Å²) in [6, 6.07) is 16.3. The molecule has 3 heterocycles. The molecule has 1 aliphatic heterocycles. The Balaban J connectivity index is 1.41. The largest absolute Gasteiger partial charge is 0.426 e. The maximum absolute atomic E-state index is 13.0. The highest BCUT2D eigenvalue weighted by Gasteiger charge is 2.41. The summed E-state index contributed by atoms with van der Waals surface area (Å²) in [4.78, 5) is 29.1. The molecule has 4 aromatic rings. The van der Waals surface area contributed by atoms with Crippen LogP contribution in [0.1, 0.15) is 48.9 Å². The second-order valence-corrected chi connectivity index (χ2v) is 8.54. The Hall–Kier alpha value is -3.67. The number of carbonyl (C=O) groups excluding carboxylic acids is 1. The van der Waals surface area contributed by atoms with Gasteiger partial charge in [-0.05, 0) is 49.1 Å². The molecule has 0 saturated heterocycles. The quantitative estimate of drug-likeness (QED) is 0.432. The third-order valence-corrected chi connectivity index (χ3v) is 6.60. The average molecular weight is 425 g/mol. The van der Waals surface area contributed by atoms with Gasteiger partial charge in [-0.2, -0.15) is 4.98 Å². The minimum atomic E-state index is -0.196. The Kier molecular flexibility index (Phi) is 4.45. The number of hydrogen-bond donors (Lipinski definition) is 2. The topological polar surface area (TPSA) is 83.1 Å². The molecule has 2 aliphatic rings. The van der Waals surface area contributed by atoms with E-state index in [0.717, 1.165) is 58.5 Å². The summed E-state index contributed by atoms with van der Waals surface area (Å²) in [6.45, 7) is 2.13. The summed E-state index contributed by atoms with van der Waals surface area (Å²) >= 11 is 0. The summed E-state index contributed by atoms with van der Waals surface area (Å²) in [7, 11) is 0. The number of para-hydroxylation sites is 2. The summed E-state index contributed by atoms with van der Waals surface area (Å²) in [6.07, 6.45) is 5.31. The smallest absolute Gasteiger partial charge is 0.300 e. The number of H-pyrrole nitrogens is 2. The summed E-state index contributed by atoms with van der Waals surface area (Å²) in [5.74, 6) is 0.731. The Bertz CT molecular complexity index is 1330. The van der Waals surface area contributed by atoms with Crippen LogP contribution in [0.15, 0.2) is 59.7 Å². The molecule has 2 aromatic carbocycles. The van der Waals surface area contributed by atoms with Crippen molar-refractivity contribution in [2.45, 2.75) is 38.5 Å². The molecule has 6 nitrogen and oxygen atoms in total. The number of carbonyl (C=O) groups is 1. The van der Waals surface area contributed by atoms with E-state index in [9.17, 15) is 4.79 Å². The predicted molar refractivity (Wildman–Crippen MR) is 124 cm³/mol. The zero-order chi connectivity index (χ0) is 21.7. The molecule has 1 aliphatic carbocycles. The molecule has 6 rings (SSSR count). The highest BCUT2D eigenvalue weighted by Crippen LogP contribution is 2.47. The van der Waals surface area contributed by atoms with Crippen molar-refractivity contribution >= 4 is 28.2 Å². The second kappa shape index (κ2) is 7.48. The van der Waals surface area contributed by atoms with Gasteiger partial charge in [0, 0.05) is 35.5 Å². The van der Waals surface area contributed by atoms with Gasteiger partial charge in [-0.1, -0.05) is 31.2 Å². The summed E-state index contributed by atoms with van der Waals surface area (Å²) in [5.41, 5.74) is 7.13. The number of nitrogens with one attached hydrogen (secondary N) is 2. The van der Waals surface area contributed by atoms with Gasteiger partial charge in [0.05, 0.1) is 22.6 Å². The zero-order valence-electron chi connectivity index (χ0n) is 17.9. The van der Waals surface area contributed by atoms with Crippen molar-refractivity contribution in [3.05, 3.63) is 71.5 Å². The molecule has 2 aromatic heterocycles. The van der Waals surface area contributed by atoms with E-state index in [4.69, 9.17) is 9.73 Å². The van der Waals surface area contributed by atoms with Gasteiger partial charge in [0.1, 0.15) is 11.5 Å². The van der Waals surface area contributed by atoms with Gasteiger partial charge in [0.25, 0.3) is 6.01 Å². The van der Waals surface area contributed by atoms with Crippen molar-refractivity contribution in [1.29, 1.82) is 0 Å². The first-order valence-corrected chi connectivity index (χ1v) is 11.2. The number of aromatic nitrogens is 3. The van der Waals surface area contributed by atoms with E-state index in [1.165, 1.54) is 0 Å².